The smallest absolute Gasteiger partial charge is 0.328 e. The number of carboxylic acids is 2. The second-order valence-electron chi connectivity index (χ2n) is 12.1. The Morgan fingerprint density at radius 3 is 1.76 bits per heavy atom. The first kappa shape index (κ1) is 36.1. The first-order chi connectivity index (χ1) is 23.4. The maximum absolute atomic E-state index is 12.6. The topological polar surface area (TPSA) is 133 Å². The molecule has 0 aliphatic heterocycles. The van der Waals surface area contributed by atoms with Crippen molar-refractivity contribution in [3.63, 3.8) is 0 Å². The Labute approximate surface area is 287 Å². The zero-order valence-electron chi connectivity index (χ0n) is 28.5. The molecule has 2 amide bonds. The molecule has 4 aromatic carbocycles. The largest absolute Gasteiger partial charge is 0.478 e. The number of aryl methyl sites for hydroxylation is 4. The van der Waals surface area contributed by atoms with E-state index in [4.69, 9.17) is 10.2 Å². The Hall–Kier alpha value is -5.76. The van der Waals surface area contributed by atoms with E-state index >= 15 is 0 Å². The zero-order valence-corrected chi connectivity index (χ0v) is 28.5. The van der Waals surface area contributed by atoms with Crippen LogP contribution in [-0.4, -0.2) is 34.0 Å². The second kappa shape index (κ2) is 15.9. The monoisotopic (exact) mass is 658 g/mol. The lowest BCUT2D eigenvalue weighted by Crippen LogP contribution is -2.27. The van der Waals surface area contributed by atoms with Crippen LogP contribution in [0.15, 0.2) is 103 Å². The molecule has 0 spiro atoms. The summed E-state index contributed by atoms with van der Waals surface area (Å²) >= 11 is 0. The molecule has 0 saturated carbocycles. The van der Waals surface area contributed by atoms with Gasteiger partial charge in [-0.3, -0.25) is 9.59 Å². The van der Waals surface area contributed by atoms with Gasteiger partial charge in [-0.25, -0.2) is 9.59 Å². The number of aliphatic carboxylic acids is 2. The van der Waals surface area contributed by atoms with Gasteiger partial charge < -0.3 is 20.8 Å². The number of amides is 2. The SMILES string of the molecule is CCc1cc(C(C)(c2ccc(-c3ccccc3)cc2)c2cc(C)c(NC(=O)/C=C/C(=O)O)c(CC)c2)cc(C)c1CNC(=O)/C=C/C(=O)O. The third kappa shape index (κ3) is 8.59. The van der Waals surface area contributed by atoms with Crippen LogP contribution in [0.2, 0.25) is 0 Å². The van der Waals surface area contributed by atoms with Crippen LogP contribution in [0.5, 0.6) is 0 Å². The molecule has 0 fully saturated rings. The van der Waals surface area contributed by atoms with Crippen molar-refractivity contribution in [2.45, 2.75) is 59.4 Å². The summed E-state index contributed by atoms with van der Waals surface area (Å²) in [5, 5.41) is 23.5. The molecule has 8 nitrogen and oxygen atoms in total. The Balaban J connectivity index is 1.87. The molecule has 8 heteroatoms. The van der Waals surface area contributed by atoms with Crippen LogP contribution in [0.3, 0.4) is 0 Å². The van der Waals surface area contributed by atoms with E-state index in [2.05, 4.69) is 85.1 Å². The molecular formula is C41H42N2O6. The number of anilines is 1. The van der Waals surface area contributed by atoms with Gasteiger partial charge in [-0.1, -0.05) is 92.7 Å². The molecule has 1 atom stereocenters. The molecule has 0 aromatic heterocycles. The van der Waals surface area contributed by atoms with Crippen LogP contribution in [-0.2, 0) is 44.0 Å². The Morgan fingerprint density at radius 1 is 0.653 bits per heavy atom. The van der Waals surface area contributed by atoms with Gasteiger partial charge in [-0.05, 0) is 89.2 Å². The molecule has 1 unspecified atom stereocenters. The van der Waals surface area contributed by atoms with Gasteiger partial charge >= 0.3 is 11.9 Å². The van der Waals surface area contributed by atoms with Crippen molar-refractivity contribution in [1.29, 1.82) is 0 Å². The fourth-order valence-corrected chi connectivity index (χ4v) is 6.17. The van der Waals surface area contributed by atoms with Gasteiger partial charge in [-0.15, -0.1) is 0 Å². The highest BCUT2D eigenvalue weighted by molar-refractivity contribution is 6.03. The van der Waals surface area contributed by atoms with E-state index in [9.17, 15) is 19.2 Å². The third-order valence-electron chi connectivity index (χ3n) is 8.91. The highest BCUT2D eigenvalue weighted by atomic mass is 16.4. The number of benzene rings is 4. The molecule has 0 bridgehead atoms. The zero-order chi connectivity index (χ0) is 35.7. The van der Waals surface area contributed by atoms with Crippen molar-refractivity contribution < 1.29 is 29.4 Å². The molecule has 49 heavy (non-hydrogen) atoms. The van der Waals surface area contributed by atoms with Crippen LogP contribution < -0.4 is 10.6 Å². The van der Waals surface area contributed by atoms with Crippen LogP contribution >= 0.6 is 0 Å². The van der Waals surface area contributed by atoms with Crippen molar-refractivity contribution >= 4 is 29.4 Å². The maximum atomic E-state index is 12.6. The number of hydrogen-bond acceptors (Lipinski definition) is 4. The Kier molecular flexibility index (Phi) is 11.7. The molecule has 0 heterocycles. The quantitative estimate of drug-likeness (QED) is 0.0881. The van der Waals surface area contributed by atoms with Gasteiger partial charge in [0.25, 0.3) is 0 Å². The van der Waals surface area contributed by atoms with Gasteiger partial charge in [-0.2, -0.15) is 0 Å². The van der Waals surface area contributed by atoms with E-state index in [0.29, 0.717) is 18.5 Å². The lowest BCUT2D eigenvalue weighted by Gasteiger charge is -2.34. The van der Waals surface area contributed by atoms with Crippen LogP contribution in [0, 0.1) is 13.8 Å². The highest BCUT2D eigenvalue weighted by Gasteiger charge is 2.33. The molecule has 4 N–H and O–H groups in total. The lowest BCUT2D eigenvalue weighted by atomic mass is 9.69. The minimum atomic E-state index is -1.20. The molecule has 0 aliphatic carbocycles. The van der Waals surface area contributed by atoms with E-state index in [1.807, 2.05) is 39.0 Å². The van der Waals surface area contributed by atoms with Gasteiger partial charge in [0.1, 0.15) is 0 Å². The minimum Gasteiger partial charge on any atom is -0.478 e. The first-order valence-electron chi connectivity index (χ1n) is 16.2. The number of carbonyl (C=O) groups is 4. The number of nitrogens with one attached hydrogen (secondary N) is 2. The molecule has 0 radical (unpaired) electrons. The first-order valence-corrected chi connectivity index (χ1v) is 16.2. The van der Waals surface area contributed by atoms with Crippen molar-refractivity contribution in [2.24, 2.45) is 0 Å². The maximum Gasteiger partial charge on any atom is 0.328 e. The highest BCUT2D eigenvalue weighted by Crippen LogP contribution is 2.43. The number of carbonyl (C=O) groups excluding carboxylic acids is 2. The summed E-state index contributed by atoms with van der Waals surface area (Å²) in [5.74, 6) is -3.38. The van der Waals surface area contributed by atoms with Crippen molar-refractivity contribution in [2.75, 3.05) is 5.32 Å². The molecule has 252 valence electrons. The predicted octanol–water partition coefficient (Wildman–Crippen LogP) is 7.29. The predicted molar refractivity (Wildman–Crippen MR) is 193 cm³/mol. The van der Waals surface area contributed by atoms with Crippen molar-refractivity contribution in [1.82, 2.24) is 5.32 Å². The van der Waals surface area contributed by atoms with E-state index < -0.39 is 29.2 Å². The van der Waals surface area contributed by atoms with Gasteiger partial charge in [0.05, 0.1) is 0 Å². The lowest BCUT2D eigenvalue weighted by molar-refractivity contribution is -0.132. The van der Waals surface area contributed by atoms with E-state index in [0.717, 1.165) is 79.9 Å². The fraction of sp³-hybridized carbons (Fsp3) is 0.220. The summed E-state index contributed by atoms with van der Waals surface area (Å²) in [4.78, 5) is 46.7. The van der Waals surface area contributed by atoms with Crippen LogP contribution in [0.1, 0.15) is 65.3 Å². The standard InChI is InChI=1S/C41H42N2O6/c1-6-28-23-33(21-26(3)35(28)25-42-36(44)17-19-38(46)47)41(5,32-15-13-31(14-16-32)30-11-9-8-10-12-30)34-22-27(4)40(29(7-2)24-34)43-37(45)18-20-39(48)49/h8-24H,6-7,25H2,1-5H3,(H,42,44)(H,43,45)(H,46,47)(H,48,49)/b19-17+,20-18+. The molecule has 4 aromatic rings. The molecule has 0 saturated heterocycles. The van der Waals surface area contributed by atoms with E-state index in [-0.39, 0.29) is 6.54 Å². The molecule has 0 aliphatic rings. The number of carboxylic acid groups (broad SMARTS) is 2. The number of hydrogen-bond donors (Lipinski definition) is 4. The fourth-order valence-electron chi connectivity index (χ4n) is 6.17. The van der Waals surface area contributed by atoms with Crippen molar-refractivity contribution in [3.05, 3.63) is 148 Å². The molecular weight excluding hydrogens is 616 g/mol. The number of rotatable bonds is 13. The van der Waals surface area contributed by atoms with Gasteiger partial charge in [0.15, 0.2) is 0 Å². The van der Waals surface area contributed by atoms with Crippen molar-refractivity contribution in [3.8, 4) is 11.1 Å². The summed E-state index contributed by atoms with van der Waals surface area (Å²) in [6.45, 7) is 10.5. The summed E-state index contributed by atoms with van der Waals surface area (Å²) in [6.07, 6.45) is 4.99. The average Bonchev–Trinajstić information content (AvgIpc) is 3.09. The minimum absolute atomic E-state index is 0.254. The van der Waals surface area contributed by atoms with Gasteiger partial charge in [0, 0.05) is 42.0 Å². The average molecular weight is 659 g/mol. The summed E-state index contributed by atoms with van der Waals surface area (Å²) in [7, 11) is 0. The summed E-state index contributed by atoms with van der Waals surface area (Å²) < 4.78 is 0. The summed E-state index contributed by atoms with van der Waals surface area (Å²) in [6, 6.07) is 27.2. The molecule has 4 rings (SSSR count). The Morgan fingerprint density at radius 2 is 1.18 bits per heavy atom. The van der Waals surface area contributed by atoms with Crippen LogP contribution in [0.4, 0.5) is 5.69 Å². The second-order valence-corrected chi connectivity index (χ2v) is 12.1. The third-order valence-corrected chi connectivity index (χ3v) is 8.91. The van der Waals surface area contributed by atoms with E-state index in [1.165, 1.54) is 0 Å². The van der Waals surface area contributed by atoms with Gasteiger partial charge in [0.2, 0.25) is 11.8 Å². The van der Waals surface area contributed by atoms with E-state index in [1.54, 1.807) is 0 Å². The normalized spacial score (nSPS) is 12.5. The van der Waals surface area contributed by atoms with Crippen LogP contribution in [0.25, 0.3) is 11.1 Å². The Bertz CT molecular complexity index is 1930. The summed E-state index contributed by atoms with van der Waals surface area (Å²) in [5.41, 5.74) is 10.2.